The van der Waals surface area contributed by atoms with Crippen LogP contribution < -0.4 is 5.32 Å². The van der Waals surface area contributed by atoms with Crippen molar-refractivity contribution in [3.05, 3.63) is 64.6 Å². The molecule has 0 radical (unpaired) electrons. The summed E-state index contributed by atoms with van der Waals surface area (Å²) in [5.41, 5.74) is 2.33. The molecule has 26 heavy (non-hydrogen) atoms. The van der Waals surface area contributed by atoms with Crippen molar-refractivity contribution in [2.24, 2.45) is 0 Å². The highest BCUT2D eigenvalue weighted by molar-refractivity contribution is 7.97. The van der Waals surface area contributed by atoms with Crippen molar-refractivity contribution in [1.82, 2.24) is 4.90 Å². The number of nitrogens with zero attached hydrogens (tertiary/aromatic N) is 1. The number of anilines is 1. The third kappa shape index (κ3) is 3.11. The fraction of sp³-hybridized carbons (Fsp3) is 0.211. The first-order valence-electron chi connectivity index (χ1n) is 8.15. The topological polar surface area (TPSA) is 86.7 Å². The van der Waals surface area contributed by atoms with Crippen LogP contribution in [-0.4, -0.2) is 44.5 Å². The fourth-order valence-electron chi connectivity index (χ4n) is 2.95. The second-order valence-corrected chi connectivity index (χ2v) is 8.00. The van der Waals surface area contributed by atoms with Crippen LogP contribution in [0.15, 0.2) is 58.3 Å². The molecule has 3 rings (SSSR count). The minimum Gasteiger partial charge on any atom is -0.395 e. The molecule has 2 N–H and O–H groups in total. The summed E-state index contributed by atoms with van der Waals surface area (Å²) in [6.07, 6.45) is 0. The van der Waals surface area contributed by atoms with Crippen LogP contribution in [0.3, 0.4) is 0 Å². The SMILES string of the molecule is Cc1ccc(NC(=O)C2=C(N(C)CCO)c3ccccc3S2(=O)=O)cc1. The van der Waals surface area contributed by atoms with E-state index >= 15 is 0 Å². The van der Waals surface area contributed by atoms with Crippen LogP contribution in [-0.2, 0) is 14.6 Å². The van der Waals surface area contributed by atoms with E-state index in [-0.39, 0.29) is 23.0 Å². The molecule has 2 aromatic carbocycles. The van der Waals surface area contributed by atoms with E-state index < -0.39 is 15.7 Å². The van der Waals surface area contributed by atoms with Crippen LogP contribution in [0.1, 0.15) is 11.1 Å². The lowest BCUT2D eigenvalue weighted by Gasteiger charge is -2.21. The van der Waals surface area contributed by atoms with Crippen LogP contribution in [0.2, 0.25) is 0 Å². The molecule has 1 amide bonds. The summed E-state index contributed by atoms with van der Waals surface area (Å²) in [6, 6.07) is 13.6. The van der Waals surface area contributed by atoms with Crippen molar-refractivity contribution in [2.45, 2.75) is 11.8 Å². The maximum absolute atomic E-state index is 13.0. The van der Waals surface area contributed by atoms with Gasteiger partial charge in [0, 0.05) is 24.8 Å². The van der Waals surface area contributed by atoms with Crippen molar-refractivity contribution in [1.29, 1.82) is 0 Å². The highest BCUT2D eigenvalue weighted by Crippen LogP contribution is 2.40. The van der Waals surface area contributed by atoms with E-state index in [9.17, 15) is 18.3 Å². The Morgan fingerprint density at radius 2 is 1.77 bits per heavy atom. The number of aliphatic hydroxyl groups is 1. The number of amides is 1. The van der Waals surface area contributed by atoms with E-state index in [1.165, 1.54) is 6.07 Å². The lowest BCUT2D eigenvalue weighted by molar-refractivity contribution is -0.112. The van der Waals surface area contributed by atoms with Gasteiger partial charge in [-0.25, -0.2) is 8.42 Å². The number of aliphatic hydroxyl groups excluding tert-OH is 1. The lowest BCUT2D eigenvalue weighted by Crippen LogP contribution is -2.25. The smallest absolute Gasteiger partial charge is 0.269 e. The predicted octanol–water partition coefficient (Wildman–Crippen LogP) is 2.01. The van der Waals surface area contributed by atoms with Gasteiger partial charge < -0.3 is 15.3 Å². The molecule has 0 aromatic heterocycles. The monoisotopic (exact) mass is 372 g/mol. The first kappa shape index (κ1) is 18.2. The first-order chi connectivity index (χ1) is 12.4. The first-order valence-corrected chi connectivity index (χ1v) is 9.63. The lowest BCUT2D eigenvalue weighted by atomic mass is 10.1. The number of aryl methyl sites for hydroxylation is 1. The third-order valence-corrected chi connectivity index (χ3v) is 6.10. The molecule has 2 aromatic rings. The van der Waals surface area contributed by atoms with Crippen molar-refractivity contribution >= 4 is 27.1 Å². The molecule has 136 valence electrons. The Labute approximate surface area is 152 Å². The third-order valence-electron chi connectivity index (χ3n) is 4.25. The predicted molar refractivity (Wildman–Crippen MR) is 100 cm³/mol. The van der Waals surface area contributed by atoms with E-state index in [0.717, 1.165) is 5.56 Å². The molecular weight excluding hydrogens is 352 g/mol. The summed E-state index contributed by atoms with van der Waals surface area (Å²) in [4.78, 5) is 14.3. The van der Waals surface area contributed by atoms with Crippen molar-refractivity contribution in [2.75, 3.05) is 25.5 Å². The molecule has 6 nitrogen and oxygen atoms in total. The molecule has 7 heteroatoms. The standard InChI is InChI=1S/C19H20N2O4S/c1-13-7-9-14(10-8-13)20-19(23)18-17(21(2)11-12-22)15-5-3-4-6-16(15)26(18,24)25/h3-10,22H,11-12H2,1-2H3,(H,20,23). The number of carbonyl (C=O) groups is 1. The van der Waals surface area contributed by atoms with Crippen LogP contribution in [0.4, 0.5) is 5.69 Å². The van der Waals surface area contributed by atoms with Gasteiger partial charge in [0.25, 0.3) is 5.91 Å². The molecule has 0 bridgehead atoms. The number of fused-ring (bicyclic) bond motifs is 1. The summed E-state index contributed by atoms with van der Waals surface area (Å²) >= 11 is 0. The molecule has 0 unspecified atom stereocenters. The maximum Gasteiger partial charge on any atom is 0.269 e. The van der Waals surface area contributed by atoms with E-state index in [4.69, 9.17) is 0 Å². The van der Waals surface area contributed by atoms with Crippen molar-refractivity contribution < 1.29 is 18.3 Å². The highest BCUT2D eigenvalue weighted by Gasteiger charge is 2.41. The molecule has 0 saturated heterocycles. The molecule has 1 heterocycles. The molecular formula is C19H20N2O4S. The highest BCUT2D eigenvalue weighted by atomic mass is 32.2. The van der Waals surface area contributed by atoms with Gasteiger partial charge in [0.05, 0.1) is 17.2 Å². The minimum atomic E-state index is -3.94. The van der Waals surface area contributed by atoms with E-state index in [1.54, 1.807) is 42.3 Å². The Balaban J connectivity index is 2.09. The van der Waals surface area contributed by atoms with Gasteiger partial charge in [-0.2, -0.15) is 0 Å². The fourth-order valence-corrected chi connectivity index (χ4v) is 4.70. The number of nitrogens with one attached hydrogen (secondary N) is 1. The van der Waals surface area contributed by atoms with Gasteiger partial charge in [0.1, 0.15) is 0 Å². The zero-order valence-corrected chi connectivity index (χ0v) is 15.4. The zero-order chi connectivity index (χ0) is 18.9. The Hall–Kier alpha value is -2.64. The van der Waals surface area contributed by atoms with Gasteiger partial charge >= 0.3 is 0 Å². The van der Waals surface area contributed by atoms with Crippen LogP contribution in [0.25, 0.3) is 5.70 Å². The number of carbonyl (C=O) groups excluding carboxylic acids is 1. The van der Waals surface area contributed by atoms with Crippen molar-refractivity contribution in [3.63, 3.8) is 0 Å². The maximum atomic E-state index is 13.0. The van der Waals surface area contributed by atoms with Gasteiger partial charge in [-0.1, -0.05) is 35.9 Å². The molecule has 1 aliphatic rings. The zero-order valence-electron chi connectivity index (χ0n) is 14.6. The number of hydrogen-bond acceptors (Lipinski definition) is 5. The second kappa shape index (κ2) is 6.93. The van der Waals surface area contributed by atoms with Gasteiger partial charge in [0.2, 0.25) is 9.84 Å². The van der Waals surface area contributed by atoms with Gasteiger partial charge in [0.15, 0.2) is 4.91 Å². The summed E-state index contributed by atoms with van der Waals surface area (Å²) < 4.78 is 26.0. The number of likely N-dealkylation sites (N-methyl/N-ethyl adjacent to an activating group) is 1. The number of sulfone groups is 1. The number of hydrogen-bond donors (Lipinski definition) is 2. The molecule has 0 aliphatic carbocycles. The Morgan fingerprint density at radius 3 is 2.42 bits per heavy atom. The molecule has 0 atom stereocenters. The Morgan fingerprint density at radius 1 is 1.12 bits per heavy atom. The molecule has 1 aliphatic heterocycles. The molecule has 0 saturated carbocycles. The summed E-state index contributed by atoms with van der Waals surface area (Å²) in [6.45, 7) is 1.98. The van der Waals surface area contributed by atoms with Gasteiger partial charge in [-0.05, 0) is 25.1 Å². The van der Waals surface area contributed by atoms with Crippen LogP contribution >= 0.6 is 0 Å². The Kier molecular flexibility index (Phi) is 4.84. The van der Waals surface area contributed by atoms with Crippen LogP contribution in [0, 0.1) is 6.92 Å². The summed E-state index contributed by atoms with van der Waals surface area (Å²) in [5, 5.41) is 11.9. The van der Waals surface area contributed by atoms with Gasteiger partial charge in [-0.15, -0.1) is 0 Å². The molecule has 0 spiro atoms. The van der Waals surface area contributed by atoms with E-state index in [1.807, 2.05) is 19.1 Å². The van der Waals surface area contributed by atoms with Gasteiger partial charge in [-0.3, -0.25) is 4.79 Å². The number of benzene rings is 2. The summed E-state index contributed by atoms with van der Waals surface area (Å²) in [7, 11) is -2.29. The molecule has 0 fully saturated rings. The quantitative estimate of drug-likeness (QED) is 0.838. The van der Waals surface area contributed by atoms with Crippen LogP contribution in [0.5, 0.6) is 0 Å². The minimum absolute atomic E-state index is 0.105. The normalized spacial score (nSPS) is 14.9. The largest absolute Gasteiger partial charge is 0.395 e. The van der Waals surface area contributed by atoms with Crippen molar-refractivity contribution in [3.8, 4) is 0 Å². The van der Waals surface area contributed by atoms with E-state index in [2.05, 4.69) is 5.32 Å². The second-order valence-electron chi connectivity index (χ2n) is 6.14. The average molecular weight is 372 g/mol. The Bertz CT molecular complexity index is 979. The average Bonchev–Trinajstić information content (AvgIpc) is 2.85. The van der Waals surface area contributed by atoms with E-state index in [0.29, 0.717) is 16.9 Å². The summed E-state index contributed by atoms with van der Waals surface area (Å²) in [5.74, 6) is -0.690. The number of rotatable bonds is 5.